The molecule has 1 aliphatic rings. The Morgan fingerprint density at radius 1 is 1.21 bits per heavy atom. The fourth-order valence-corrected chi connectivity index (χ4v) is 3.94. The minimum atomic E-state index is 0.345. The number of allylic oxidation sites excluding steroid dienone is 2. The molecule has 0 saturated heterocycles. The van der Waals surface area contributed by atoms with E-state index in [4.69, 9.17) is 0 Å². The summed E-state index contributed by atoms with van der Waals surface area (Å²) in [7, 11) is 0. The number of carbonyl (C=O) groups excluding carboxylic acids is 1. The first kappa shape index (κ1) is 12.6. The molecule has 2 aromatic rings. The van der Waals surface area contributed by atoms with Crippen molar-refractivity contribution in [3.05, 3.63) is 40.8 Å². The van der Waals surface area contributed by atoms with Crippen LogP contribution in [0.3, 0.4) is 0 Å². The molecule has 0 bridgehead atoms. The lowest BCUT2D eigenvalue weighted by molar-refractivity contribution is -0.113. The monoisotopic (exact) mass is 270 g/mol. The van der Waals surface area contributed by atoms with Crippen molar-refractivity contribution < 1.29 is 4.79 Å². The topological polar surface area (TPSA) is 17.1 Å². The zero-order chi connectivity index (χ0) is 13.2. The van der Waals surface area contributed by atoms with Crippen LogP contribution in [0.25, 0.3) is 15.7 Å². The van der Waals surface area contributed by atoms with Crippen molar-refractivity contribution in [2.24, 2.45) is 0 Å². The molecule has 1 aromatic heterocycles. The van der Waals surface area contributed by atoms with Gasteiger partial charge in [-0.3, -0.25) is 4.79 Å². The summed E-state index contributed by atoms with van der Waals surface area (Å²) in [5, 5.41) is 1.25. The molecule has 0 amide bonds. The van der Waals surface area contributed by atoms with E-state index >= 15 is 0 Å². The number of ketones is 1. The maximum atomic E-state index is 12.2. The van der Waals surface area contributed by atoms with E-state index in [2.05, 4.69) is 37.3 Å². The third-order valence-electron chi connectivity index (χ3n) is 3.79. The SMILES string of the molecule is CCCCC1=C(c2cc3ccccc3s2)C(=O)CC1. The average molecular weight is 270 g/mol. The van der Waals surface area contributed by atoms with Crippen LogP contribution in [0.15, 0.2) is 35.9 Å². The maximum absolute atomic E-state index is 12.2. The second-order valence-corrected chi connectivity index (χ2v) is 6.24. The number of hydrogen-bond acceptors (Lipinski definition) is 2. The fourth-order valence-electron chi connectivity index (χ4n) is 2.77. The summed E-state index contributed by atoms with van der Waals surface area (Å²) in [5.74, 6) is 0.345. The van der Waals surface area contributed by atoms with Gasteiger partial charge in [-0.05, 0) is 36.8 Å². The molecule has 0 unspecified atom stereocenters. The number of hydrogen-bond donors (Lipinski definition) is 0. The van der Waals surface area contributed by atoms with Gasteiger partial charge in [-0.15, -0.1) is 11.3 Å². The molecule has 1 heterocycles. The van der Waals surface area contributed by atoms with E-state index in [9.17, 15) is 4.79 Å². The van der Waals surface area contributed by atoms with E-state index < -0.39 is 0 Å². The summed E-state index contributed by atoms with van der Waals surface area (Å²) in [6.45, 7) is 2.20. The van der Waals surface area contributed by atoms with Crippen LogP contribution in [0.5, 0.6) is 0 Å². The molecule has 98 valence electrons. The molecule has 0 atom stereocenters. The molecule has 3 rings (SSSR count). The molecule has 1 aromatic carbocycles. The quantitative estimate of drug-likeness (QED) is 0.745. The van der Waals surface area contributed by atoms with Crippen LogP contribution >= 0.6 is 11.3 Å². The number of carbonyl (C=O) groups is 1. The highest BCUT2D eigenvalue weighted by Crippen LogP contribution is 2.39. The van der Waals surface area contributed by atoms with E-state index in [1.54, 1.807) is 11.3 Å². The predicted molar refractivity (Wildman–Crippen MR) is 82.5 cm³/mol. The van der Waals surface area contributed by atoms with E-state index in [-0.39, 0.29) is 0 Å². The van der Waals surface area contributed by atoms with E-state index in [0.717, 1.165) is 18.4 Å². The van der Waals surface area contributed by atoms with Crippen molar-refractivity contribution in [1.82, 2.24) is 0 Å². The van der Waals surface area contributed by atoms with Gasteiger partial charge in [-0.1, -0.05) is 37.1 Å². The number of fused-ring (bicyclic) bond motifs is 1. The zero-order valence-corrected chi connectivity index (χ0v) is 12.1. The van der Waals surface area contributed by atoms with Crippen LogP contribution in [0.4, 0.5) is 0 Å². The standard InChI is InChI=1S/C17H18OS/c1-2-3-6-12-9-10-14(18)17(12)16-11-13-7-4-5-8-15(13)19-16/h4-5,7-8,11H,2-3,6,9-10H2,1H3. The summed E-state index contributed by atoms with van der Waals surface area (Å²) in [5.41, 5.74) is 2.42. The van der Waals surface area contributed by atoms with Crippen molar-refractivity contribution in [1.29, 1.82) is 0 Å². The minimum absolute atomic E-state index is 0.345. The Morgan fingerprint density at radius 2 is 2.05 bits per heavy atom. The number of benzene rings is 1. The van der Waals surface area contributed by atoms with Gasteiger partial charge in [0.1, 0.15) is 0 Å². The van der Waals surface area contributed by atoms with Crippen LogP contribution in [0, 0.1) is 0 Å². The molecular formula is C17H18OS. The van der Waals surface area contributed by atoms with Crippen LogP contribution in [0.2, 0.25) is 0 Å². The van der Waals surface area contributed by atoms with E-state index in [1.165, 1.54) is 33.4 Å². The van der Waals surface area contributed by atoms with Gasteiger partial charge in [0.25, 0.3) is 0 Å². The molecule has 0 spiro atoms. The Hall–Kier alpha value is -1.41. The third kappa shape index (κ3) is 2.37. The predicted octanol–water partition coefficient (Wildman–Crippen LogP) is 5.21. The van der Waals surface area contributed by atoms with Crippen LogP contribution in [0.1, 0.15) is 43.9 Å². The number of rotatable bonds is 4. The summed E-state index contributed by atoms with van der Waals surface area (Å²) in [6.07, 6.45) is 5.16. The highest BCUT2D eigenvalue weighted by molar-refractivity contribution is 7.20. The van der Waals surface area contributed by atoms with Gasteiger partial charge >= 0.3 is 0 Å². The average Bonchev–Trinajstić information content (AvgIpc) is 2.99. The van der Waals surface area contributed by atoms with Crippen LogP contribution < -0.4 is 0 Å². The van der Waals surface area contributed by atoms with Gasteiger partial charge in [-0.25, -0.2) is 0 Å². The van der Waals surface area contributed by atoms with Crippen molar-refractivity contribution in [3.8, 4) is 0 Å². The highest BCUT2D eigenvalue weighted by Gasteiger charge is 2.25. The molecule has 19 heavy (non-hydrogen) atoms. The van der Waals surface area contributed by atoms with Gasteiger partial charge < -0.3 is 0 Å². The minimum Gasteiger partial charge on any atom is -0.294 e. The molecule has 1 aliphatic carbocycles. The van der Waals surface area contributed by atoms with Gasteiger partial charge in [0.15, 0.2) is 5.78 Å². The molecule has 0 fully saturated rings. The smallest absolute Gasteiger partial charge is 0.164 e. The number of Topliss-reactive ketones (excluding diaryl/α,β-unsaturated/α-hetero) is 1. The summed E-state index contributed by atoms with van der Waals surface area (Å²) >= 11 is 1.76. The van der Waals surface area contributed by atoms with Crippen LogP contribution in [-0.4, -0.2) is 5.78 Å². The molecule has 2 heteroatoms. The van der Waals surface area contributed by atoms with Gasteiger partial charge in [-0.2, -0.15) is 0 Å². The first-order valence-corrected chi connectivity index (χ1v) is 7.85. The van der Waals surface area contributed by atoms with Gasteiger partial charge in [0, 0.05) is 21.6 Å². The zero-order valence-electron chi connectivity index (χ0n) is 11.2. The van der Waals surface area contributed by atoms with Gasteiger partial charge in [0.05, 0.1) is 0 Å². The summed E-state index contributed by atoms with van der Waals surface area (Å²) in [4.78, 5) is 13.3. The van der Waals surface area contributed by atoms with Crippen LogP contribution in [-0.2, 0) is 4.79 Å². The Kier molecular flexibility index (Phi) is 3.52. The number of unbranched alkanes of at least 4 members (excludes halogenated alkanes) is 1. The van der Waals surface area contributed by atoms with Crippen molar-refractivity contribution in [2.75, 3.05) is 0 Å². The second kappa shape index (κ2) is 5.30. The van der Waals surface area contributed by atoms with E-state index in [1.807, 2.05) is 0 Å². The molecule has 1 nitrogen and oxygen atoms in total. The molecular weight excluding hydrogens is 252 g/mol. The van der Waals surface area contributed by atoms with Crippen molar-refractivity contribution >= 4 is 32.8 Å². The number of thiophene rings is 1. The van der Waals surface area contributed by atoms with Crippen molar-refractivity contribution in [3.63, 3.8) is 0 Å². The summed E-state index contributed by atoms with van der Waals surface area (Å²) in [6, 6.07) is 10.6. The highest BCUT2D eigenvalue weighted by atomic mass is 32.1. The first-order valence-electron chi connectivity index (χ1n) is 7.03. The Labute approximate surface area is 118 Å². The lowest BCUT2D eigenvalue weighted by Gasteiger charge is -2.03. The van der Waals surface area contributed by atoms with E-state index in [0.29, 0.717) is 12.2 Å². The lowest BCUT2D eigenvalue weighted by Crippen LogP contribution is -1.93. The second-order valence-electron chi connectivity index (χ2n) is 5.15. The normalized spacial score (nSPS) is 15.7. The Morgan fingerprint density at radius 3 is 2.84 bits per heavy atom. The molecule has 0 N–H and O–H groups in total. The lowest BCUT2D eigenvalue weighted by atomic mass is 10.0. The maximum Gasteiger partial charge on any atom is 0.164 e. The third-order valence-corrected chi connectivity index (χ3v) is 4.92. The Balaban J connectivity index is 2.04. The Bertz CT molecular complexity index is 615. The molecule has 0 aliphatic heterocycles. The largest absolute Gasteiger partial charge is 0.294 e. The molecule has 0 radical (unpaired) electrons. The fraction of sp³-hybridized carbons (Fsp3) is 0.353. The molecule has 0 saturated carbocycles. The first-order chi connectivity index (χ1) is 9.29. The van der Waals surface area contributed by atoms with Crippen molar-refractivity contribution in [2.45, 2.75) is 39.0 Å². The van der Waals surface area contributed by atoms with Gasteiger partial charge in [0.2, 0.25) is 0 Å². The summed E-state index contributed by atoms with van der Waals surface area (Å²) < 4.78 is 1.28.